The van der Waals surface area contributed by atoms with Crippen molar-refractivity contribution in [1.82, 2.24) is 9.80 Å². The molecule has 3 N–H and O–H groups in total. The molecule has 0 radical (unpaired) electrons. The number of ether oxygens (including phenoxy) is 7. The second-order valence-electron chi connectivity index (χ2n) is 11.3. The molecule has 2 rings (SSSR count). The SMILES string of the molecule is COC(=O)C[C@H]1O[C@@H](Oc2ccc(COC(=O)N(C)CCN(C)C(=O)OC(C)(C)C)cc2N)[C@H](OC(C)=O)[C@@H](O)[C@@H]1OC(C)=O. The van der Waals surface area contributed by atoms with Crippen LogP contribution in [0.5, 0.6) is 5.75 Å². The molecule has 16 heteroatoms. The van der Waals surface area contributed by atoms with E-state index in [0.717, 1.165) is 21.0 Å². The molecule has 0 spiro atoms. The smallest absolute Gasteiger partial charge is 0.410 e. The Kier molecular flexibility index (Phi) is 13.2. The quantitative estimate of drug-likeness (QED) is 0.200. The van der Waals surface area contributed by atoms with Crippen LogP contribution in [-0.4, -0.2) is 116 Å². The third kappa shape index (κ3) is 11.6. The van der Waals surface area contributed by atoms with E-state index in [4.69, 9.17) is 34.2 Å². The average Bonchev–Trinajstić information content (AvgIpc) is 2.94. The number of benzene rings is 1. The van der Waals surface area contributed by atoms with Crippen LogP contribution in [0, 0.1) is 0 Å². The number of nitrogens with two attached hydrogens (primary N) is 1. The summed E-state index contributed by atoms with van der Waals surface area (Å²) in [4.78, 5) is 62.7. The van der Waals surface area contributed by atoms with E-state index >= 15 is 0 Å². The molecule has 1 aromatic rings. The van der Waals surface area contributed by atoms with Crippen molar-refractivity contribution in [3.8, 4) is 5.75 Å². The van der Waals surface area contributed by atoms with Crippen molar-refractivity contribution >= 4 is 35.8 Å². The van der Waals surface area contributed by atoms with Crippen molar-refractivity contribution < 1.29 is 62.2 Å². The number of carbonyl (C=O) groups excluding carboxylic acids is 5. The lowest BCUT2D eigenvalue weighted by Gasteiger charge is -2.42. The van der Waals surface area contributed by atoms with Gasteiger partial charge in [-0.05, 0) is 38.5 Å². The van der Waals surface area contributed by atoms with Crippen LogP contribution in [0.1, 0.15) is 46.6 Å². The zero-order chi connectivity index (χ0) is 34.1. The number of nitrogen functional groups attached to an aromatic ring is 1. The molecule has 0 aliphatic carbocycles. The Morgan fingerprint density at radius 1 is 0.956 bits per heavy atom. The molecule has 1 aliphatic heterocycles. The summed E-state index contributed by atoms with van der Waals surface area (Å²) in [6.07, 6.45) is -8.73. The van der Waals surface area contributed by atoms with Gasteiger partial charge in [-0.15, -0.1) is 0 Å². The molecule has 5 atom stereocenters. The normalized spacial score (nSPS) is 21.1. The van der Waals surface area contributed by atoms with Crippen LogP contribution in [0.2, 0.25) is 0 Å². The first-order valence-corrected chi connectivity index (χ1v) is 14.0. The van der Waals surface area contributed by atoms with Gasteiger partial charge in [0.2, 0.25) is 6.29 Å². The highest BCUT2D eigenvalue weighted by molar-refractivity contribution is 5.71. The molecule has 1 aliphatic rings. The second-order valence-corrected chi connectivity index (χ2v) is 11.3. The van der Waals surface area contributed by atoms with Crippen LogP contribution in [0.15, 0.2) is 18.2 Å². The standard InChI is InChI=1S/C29H43N3O13/c1-16(33)41-24-21(14-22(35)39-8)44-26(25(23(24)36)42-17(2)34)43-20-10-9-18(13-19(20)30)15-40-27(37)31(6)11-12-32(7)28(38)45-29(3,4)5/h9-10,13,21,23-26,36H,11-12,14-15,30H2,1-8H3/t21-,23+,24-,25-,26-/m1/s1. The maximum Gasteiger partial charge on any atom is 0.410 e. The van der Waals surface area contributed by atoms with Gasteiger partial charge in [0.05, 0.1) is 19.2 Å². The molecule has 16 nitrogen and oxygen atoms in total. The summed E-state index contributed by atoms with van der Waals surface area (Å²) in [7, 11) is 4.24. The van der Waals surface area contributed by atoms with Gasteiger partial charge in [-0.3, -0.25) is 14.4 Å². The molecule has 1 aromatic carbocycles. The zero-order valence-corrected chi connectivity index (χ0v) is 26.8. The lowest BCUT2D eigenvalue weighted by molar-refractivity contribution is -0.281. The van der Waals surface area contributed by atoms with Crippen molar-refractivity contribution in [1.29, 1.82) is 0 Å². The van der Waals surface area contributed by atoms with Gasteiger partial charge in [-0.25, -0.2) is 9.59 Å². The minimum absolute atomic E-state index is 0.0597. The van der Waals surface area contributed by atoms with E-state index < -0.39 is 72.8 Å². The van der Waals surface area contributed by atoms with Crippen LogP contribution < -0.4 is 10.5 Å². The van der Waals surface area contributed by atoms with Gasteiger partial charge in [0.25, 0.3) is 0 Å². The molecular weight excluding hydrogens is 598 g/mol. The van der Waals surface area contributed by atoms with E-state index in [1.165, 1.54) is 29.0 Å². The number of carbonyl (C=O) groups is 5. The first-order valence-electron chi connectivity index (χ1n) is 14.0. The fraction of sp³-hybridized carbons (Fsp3) is 0.621. The monoisotopic (exact) mass is 641 g/mol. The molecule has 2 amide bonds. The van der Waals surface area contributed by atoms with Crippen LogP contribution >= 0.6 is 0 Å². The van der Waals surface area contributed by atoms with E-state index in [-0.39, 0.29) is 31.1 Å². The molecule has 0 aromatic heterocycles. The lowest BCUT2D eigenvalue weighted by Crippen LogP contribution is -2.61. The van der Waals surface area contributed by atoms with Crippen molar-refractivity contribution in [3.05, 3.63) is 23.8 Å². The van der Waals surface area contributed by atoms with Gasteiger partial charge in [-0.2, -0.15) is 0 Å². The number of amides is 2. The lowest BCUT2D eigenvalue weighted by atomic mass is 9.96. The van der Waals surface area contributed by atoms with Crippen molar-refractivity contribution in [3.63, 3.8) is 0 Å². The number of nitrogens with zero attached hydrogens (tertiary/aromatic N) is 2. The number of anilines is 1. The largest absolute Gasteiger partial charge is 0.469 e. The fourth-order valence-corrected chi connectivity index (χ4v) is 4.05. The molecule has 1 heterocycles. The maximum atomic E-state index is 12.5. The Morgan fingerprint density at radius 3 is 2.07 bits per heavy atom. The zero-order valence-electron chi connectivity index (χ0n) is 26.8. The molecule has 1 saturated heterocycles. The number of aliphatic hydroxyl groups is 1. The molecule has 1 fully saturated rings. The van der Waals surface area contributed by atoms with Gasteiger partial charge in [0.1, 0.15) is 30.2 Å². The first-order chi connectivity index (χ1) is 20.9. The topological polar surface area (TPSA) is 203 Å². The molecule has 0 unspecified atom stereocenters. The summed E-state index contributed by atoms with van der Waals surface area (Å²) >= 11 is 0. The Balaban J connectivity index is 2.08. The number of aliphatic hydroxyl groups excluding tert-OH is 1. The molecule has 45 heavy (non-hydrogen) atoms. The van der Waals surface area contributed by atoms with Crippen LogP contribution in [0.4, 0.5) is 15.3 Å². The molecule has 0 saturated carbocycles. The highest BCUT2D eigenvalue weighted by atomic mass is 16.7. The van der Waals surface area contributed by atoms with Crippen molar-refractivity contribution in [2.24, 2.45) is 0 Å². The Hall–Kier alpha value is -4.31. The van der Waals surface area contributed by atoms with Gasteiger partial charge < -0.3 is 53.8 Å². The summed E-state index contributed by atoms with van der Waals surface area (Å²) in [6.45, 7) is 7.74. The van der Waals surface area contributed by atoms with Crippen molar-refractivity contribution in [2.75, 3.05) is 40.0 Å². The molecule has 252 valence electrons. The van der Waals surface area contributed by atoms with Gasteiger partial charge in [0.15, 0.2) is 12.2 Å². The Bertz CT molecular complexity index is 1220. The minimum atomic E-state index is -1.63. The molecule has 0 bridgehead atoms. The van der Waals surface area contributed by atoms with Crippen LogP contribution in [-0.2, 0) is 49.4 Å². The van der Waals surface area contributed by atoms with Gasteiger partial charge in [0, 0.05) is 41.0 Å². The average molecular weight is 642 g/mol. The first kappa shape index (κ1) is 36.9. The predicted molar refractivity (Wildman–Crippen MR) is 156 cm³/mol. The fourth-order valence-electron chi connectivity index (χ4n) is 4.05. The summed E-state index contributed by atoms with van der Waals surface area (Å²) in [5, 5.41) is 11.0. The number of rotatable bonds is 11. The number of likely N-dealkylation sites (N-methyl/N-ethyl adjacent to an activating group) is 2. The Morgan fingerprint density at radius 2 is 1.53 bits per heavy atom. The Labute approximate surface area is 261 Å². The van der Waals surface area contributed by atoms with E-state index in [1.54, 1.807) is 33.9 Å². The van der Waals surface area contributed by atoms with E-state index in [9.17, 15) is 29.1 Å². The number of esters is 3. The van der Waals surface area contributed by atoms with Crippen molar-refractivity contribution in [2.45, 2.75) is 84.0 Å². The number of hydrogen-bond donors (Lipinski definition) is 2. The summed E-state index contributed by atoms with van der Waals surface area (Å²) in [6, 6.07) is 4.49. The highest BCUT2D eigenvalue weighted by Gasteiger charge is 2.51. The third-order valence-corrected chi connectivity index (χ3v) is 6.28. The summed E-state index contributed by atoms with van der Waals surface area (Å²) < 4.78 is 37.4. The van der Waals surface area contributed by atoms with E-state index in [1.807, 2.05) is 0 Å². The predicted octanol–water partition coefficient (Wildman–Crippen LogP) is 1.60. The maximum absolute atomic E-state index is 12.5. The summed E-state index contributed by atoms with van der Waals surface area (Å²) in [5.41, 5.74) is 6.12. The van der Waals surface area contributed by atoms with Gasteiger partial charge >= 0.3 is 30.1 Å². The highest BCUT2D eigenvalue weighted by Crippen LogP contribution is 2.32. The number of methoxy groups -OCH3 is 1. The molecular formula is C29H43N3O13. The second kappa shape index (κ2) is 16.1. The van der Waals surface area contributed by atoms with E-state index in [2.05, 4.69) is 4.74 Å². The third-order valence-electron chi connectivity index (χ3n) is 6.28. The number of hydrogen-bond acceptors (Lipinski definition) is 14. The van der Waals surface area contributed by atoms with Crippen LogP contribution in [0.25, 0.3) is 0 Å². The minimum Gasteiger partial charge on any atom is -0.469 e. The van der Waals surface area contributed by atoms with Gasteiger partial charge in [-0.1, -0.05) is 6.07 Å². The summed E-state index contributed by atoms with van der Waals surface area (Å²) in [5.74, 6) is -2.20. The van der Waals surface area contributed by atoms with Crippen LogP contribution in [0.3, 0.4) is 0 Å². The van der Waals surface area contributed by atoms with E-state index in [0.29, 0.717) is 5.56 Å².